The van der Waals surface area contributed by atoms with Gasteiger partial charge in [0, 0.05) is 6.04 Å². The van der Waals surface area contributed by atoms with Gasteiger partial charge in [0.1, 0.15) is 0 Å². The zero-order valence-corrected chi connectivity index (χ0v) is 11.1. The van der Waals surface area contributed by atoms with Gasteiger partial charge in [0.2, 0.25) is 0 Å². The van der Waals surface area contributed by atoms with Crippen LogP contribution in [0.15, 0.2) is 23.0 Å². The number of fused-ring (bicyclic) bond motifs is 2. The molecule has 3 unspecified atom stereocenters. The first-order chi connectivity index (χ1) is 9.28. The number of hydrogen-bond acceptors (Lipinski definition) is 2. The van der Waals surface area contributed by atoms with Crippen LogP contribution in [0.25, 0.3) is 11.0 Å². The number of rotatable bonds is 3. The van der Waals surface area contributed by atoms with Crippen molar-refractivity contribution in [1.29, 1.82) is 0 Å². The van der Waals surface area contributed by atoms with Crippen molar-refractivity contribution in [2.75, 3.05) is 7.05 Å². The van der Waals surface area contributed by atoms with E-state index in [0.29, 0.717) is 6.04 Å². The van der Waals surface area contributed by atoms with Crippen LogP contribution in [-0.2, 0) is 0 Å². The summed E-state index contributed by atoms with van der Waals surface area (Å²) in [5, 5.41) is 3.48. The molecule has 2 aliphatic rings. The quantitative estimate of drug-likeness (QED) is 0.789. The minimum atomic E-state index is -0.128. The Labute approximate surface area is 111 Å². The topological polar surface area (TPSA) is 60.7 Å². The first-order valence-corrected chi connectivity index (χ1v) is 7.17. The van der Waals surface area contributed by atoms with Crippen molar-refractivity contribution in [3.05, 3.63) is 34.2 Å². The van der Waals surface area contributed by atoms with Crippen LogP contribution in [0.1, 0.15) is 30.9 Å². The van der Waals surface area contributed by atoms with E-state index in [1.807, 2.05) is 13.1 Å². The first kappa shape index (κ1) is 11.3. The highest BCUT2D eigenvalue weighted by atomic mass is 16.1. The van der Waals surface area contributed by atoms with E-state index in [1.165, 1.54) is 24.8 Å². The minimum Gasteiger partial charge on any atom is -0.313 e. The van der Waals surface area contributed by atoms with Crippen LogP contribution in [0, 0.1) is 17.8 Å². The van der Waals surface area contributed by atoms with E-state index < -0.39 is 0 Å². The number of aromatic amines is 2. The number of benzene rings is 1. The number of imidazole rings is 1. The van der Waals surface area contributed by atoms with Crippen molar-refractivity contribution >= 4 is 11.0 Å². The number of aromatic nitrogens is 2. The van der Waals surface area contributed by atoms with Crippen molar-refractivity contribution in [3.63, 3.8) is 0 Å². The lowest BCUT2D eigenvalue weighted by molar-refractivity contribution is 0.445. The summed E-state index contributed by atoms with van der Waals surface area (Å²) in [4.78, 5) is 17.0. The molecule has 0 amide bonds. The predicted octanol–water partition coefficient (Wildman–Crippen LogP) is 2.16. The van der Waals surface area contributed by atoms with Gasteiger partial charge in [0.25, 0.3) is 0 Å². The molecule has 2 fully saturated rings. The third-order valence-corrected chi connectivity index (χ3v) is 5.07. The molecule has 3 atom stereocenters. The maximum Gasteiger partial charge on any atom is 0.323 e. The maximum atomic E-state index is 11.3. The van der Waals surface area contributed by atoms with Crippen LogP contribution >= 0.6 is 0 Å². The van der Waals surface area contributed by atoms with Crippen LogP contribution in [0.4, 0.5) is 0 Å². The van der Waals surface area contributed by atoms with Crippen LogP contribution in [0.5, 0.6) is 0 Å². The van der Waals surface area contributed by atoms with Crippen LogP contribution < -0.4 is 11.0 Å². The van der Waals surface area contributed by atoms with E-state index in [0.717, 1.165) is 28.8 Å². The zero-order valence-electron chi connectivity index (χ0n) is 11.1. The van der Waals surface area contributed by atoms with Crippen LogP contribution in [0.2, 0.25) is 0 Å². The molecule has 0 bridgehead atoms. The van der Waals surface area contributed by atoms with E-state index in [4.69, 9.17) is 0 Å². The van der Waals surface area contributed by atoms with Gasteiger partial charge in [0.15, 0.2) is 0 Å². The molecular weight excluding hydrogens is 238 g/mol. The van der Waals surface area contributed by atoms with E-state index >= 15 is 0 Å². The summed E-state index contributed by atoms with van der Waals surface area (Å²) >= 11 is 0. The monoisotopic (exact) mass is 257 g/mol. The van der Waals surface area contributed by atoms with Crippen molar-refractivity contribution in [3.8, 4) is 0 Å². The minimum absolute atomic E-state index is 0.128. The summed E-state index contributed by atoms with van der Waals surface area (Å²) in [5.74, 6) is 2.65. The maximum absolute atomic E-state index is 11.3. The van der Waals surface area contributed by atoms with Gasteiger partial charge < -0.3 is 15.3 Å². The summed E-state index contributed by atoms with van der Waals surface area (Å²) in [5.41, 5.74) is 2.97. The fourth-order valence-corrected chi connectivity index (χ4v) is 4.20. The smallest absolute Gasteiger partial charge is 0.313 e. The average molecular weight is 257 g/mol. The molecule has 4 heteroatoms. The van der Waals surface area contributed by atoms with Gasteiger partial charge in [-0.25, -0.2) is 4.79 Å². The number of nitrogens with one attached hydrogen (secondary N) is 3. The van der Waals surface area contributed by atoms with Gasteiger partial charge in [-0.05, 0) is 55.3 Å². The van der Waals surface area contributed by atoms with E-state index in [1.54, 1.807) is 0 Å². The molecule has 1 aromatic carbocycles. The Balaban J connectivity index is 1.69. The second-order valence-corrected chi connectivity index (χ2v) is 5.99. The lowest BCUT2D eigenvalue weighted by atomic mass is 9.97. The molecule has 0 saturated heterocycles. The molecule has 19 heavy (non-hydrogen) atoms. The Morgan fingerprint density at radius 2 is 1.95 bits per heavy atom. The first-order valence-electron chi connectivity index (χ1n) is 7.17. The number of hydrogen-bond donors (Lipinski definition) is 3. The molecule has 0 spiro atoms. The molecule has 3 N–H and O–H groups in total. The Bertz CT molecular complexity index is 661. The van der Waals surface area contributed by atoms with Gasteiger partial charge in [-0.2, -0.15) is 0 Å². The van der Waals surface area contributed by atoms with Gasteiger partial charge in [-0.15, -0.1) is 0 Å². The third kappa shape index (κ3) is 1.66. The fraction of sp³-hybridized carbons (Fsp3) is 0.533. The molecule has 4 rings (SSSR count). The summed E-state index contributed by atoms with van der Waals surface area (Å²) in [6, 6.07) is 6.69. The number of H-pyrrole nitrogens is 2. The van der Waals surface area contributed by atoms with Gasteiger partial charge in [-0.3, -0.25) is 0 Å². The van der Waals surface area contributed by atoms with Gasteiger partial charge in [0.05, 0.1) is 11.0 Å². The molecule has 0 aliphatic heterocycles. The fourth-order valence-electron chi connectivity index (χ4n) is 4.20. The summed E-state index contributed by atoms with van der Waals surface area (Å²) < 4.78 is 0. The SMILES string of the molecule is CNC(c1ccc2[nH]c(=O)[nH]c2c1)C1C2CCCC21. The highest BCUT2D eigenvalue weighted by molar-refractivity contribution is 5.75. The molecule has 2 saturated carbocycles. The Morgan fingerprint density at radius 3 is 2.68 bits per heavy atom. The highest BCUT2D eigenvalue weighted by Crippen LogP contribution is 2.62. The molecule has 2 aromatic rings. The van der Waals surface area contributed by atoms with E-state index in [-0.39, 0.29) is 5.69 Å². The normalized spacial score (nSPS) is 30.5. The lowest BCUT2D eigenvalue weighted by Gasteiger charge is -2.18. The Kier molecular flexibility index (Phi) is 2.36. The van der Waals surface area contributed by atoms with E-state index in [2.05, 4.69) is 27.4 Å². The van der Waals surface area contributed by atoms with E-state index in [9.17, 15) is 4.79 Å². The summed E-state index contributed by atoms with van der Waals surface area (Å²) in [6.07, 6.45) is 4.21. The second-order valence-electron chi connectivity index (χ2n) is 5.99. The summed E-state index contributed by atoms with van der Waals surface area (Å²) in [7, 11) is 2.04. The molecule has 1 aromatic heterocycles. The van der Waals surface area contributed by atoms with Crippen molar-refractivity contribution < 1.29 is 0 Å². The van der Waals surface area contributed by atoms with Crippen molar-refractivity contribution in [1.82, 2.24) is 15.3 Å². The standard InChI is InChI=1S/C15H19N3O/c1-16-14(13-9-3-2-4-10(9)13)8-5-6-11-12(7-8)18-15(19)17-11/h5-7,9-10,13-14,16H,2-4H2,1H3,(H2,17,18,19). The predicted molar refractivity (Wildman–Crippen MR) is 75.0 cm³/mol. The van der Waals surface area contributed by atoms with Crippen LogP contribution in [0.3, 0.4) is 0 Å². The molecule has 100 valence electrons. The molecule has 2 aliphatic carbocycles. The van der Waals surface area contributed by atoms with Crippen molar-refractivity contribution in [2.45, 2.75) is 25.3 Å². The largest absolute Gasteiger partial charge is 0.323 e. The molecule has 4 nitrogen and oxygen atoms in total. The van der Waals surface area contributed by atoms with Gasteiger partial charge >= 0.3 is 5.69 Å². The Hall–Kier alpha value is -1.55. The second kappa shape index (κ2) is 3.97. The van der Waals surface area contributed by atoms with Crippen LogP contribution in [-0.4, -0.2) is 17.0 Å². The Morgan fingerprint density at radius 1 is 1.21 bits per heavy atom. The zero-order chi connectivity index (χ0) is 13.0. The molecule has 0 radical (unpaired) electrons. The van der Waals surface area contributed by atoms with Crippen molar-refractivity contribution in [2.24, 2.45) is 17.8 Å². The molecule has 1 heterocycles. The lowest BCUT2D eigenvalue weighted by Crippen LogP contribution is -2.20. The molecular formula is C15H19N3O. The van der Waals surface area contributed by atoms with Gasteiger partial charge in [-0.1, -0.05) is 12.5 Å². The summed E-state index contributed by atoms with van der Waals surface area (Å²) in [6.45, 7) is 0. The highest BCUT2D eigenvalue weighted by Gasteiger charge is 2.55. The third-order valence-electron chi connectivity index (χ3n) is 5.07. The average Bonchev–Trinajstić information content (AvgIpc) is 2.79.